The molecular weight excluding hydrogens is 212 g/mol. The summed E-state index contributed by atoms with van der Waals surface area (Å²) < 4.78 is 1.78. The second kappa shape index (κ2) is 4.38. The van der Waals surface area contributed by atoms with Gasteiger partial charge in [0.15, 0.2) is 5.69 Å². The summed E-state index contributed by atoms with van der Waals surface area (Å²) in [5.74, 6) is 0. The van der Waals surface area contributed by atoms with E-state index < -0.39 is 0 Å². The Morgan fingerprint density at radius 2 is 1.88 bits per heavy atom. The molecule has 0 unspecified atom stereocenters. The minimum absolute atomic E-state index is 0.181. The third-order valence-corrected chi connectivity index (χ3v) is 2.61. The van der Waals surface area contributed by atoms with E-state index in [9.17, 15) is 0 Å². The van der Waals surface area contributed by atoms with Crippen LogP contribution >= 0.6 is 0 Å². The Hall–Kier alpha value is -2.15. The van der Waals surface area contributed by atoms with Crippen LogP contribution in [0, 0.1) is 18.3 Å². The van der Waals surface area contributed by atoms with Crippen molar-refractivity contribution in [2.45, 2.75) is 26.8 Å². The molecule has 0 atom stereocenters. The van der Waals surface area contributed by atoms with Crippen molar-refractivity contribution < 1.29 is 0 Å². The van der Waals surface area contributed by atoms with Crippen molar-refractivity contribution in [2.24, 2.45) is 0 Å². The molecule has 0 spiro atoms. The SMILES string of the molecule is Cc1ccc(-c2c(C#N)nnn2C(C)C)cc1. The van der Waals surface area contributed by atoms with Crippen LogP contribution in [0.3, 0.4) is 0 Å². The molecule has 2 rings (SSSR count). The molecule has 86 valence electrons. The first-order valence-corrected chi connectivity index (χ1v) is 5.56. The summed E-state index contributed by atoms with van der Waals surface area (Å²) in [4.78, 5) is 0. The maximum absolute atomic E-state index is 9.06. The molecule has 0 aliphatic rings. The van der Waals surface area contributed by atoms with Crippen LogP contribution in [0.25, 0.3) is 11.3 Å². The summed E-state index contributed by atoms with van der Waals surface area (Å²) in [6.45, 7) is 6.08. The van der Waals surface area contributed by atoms with Crippen LogP contribution in [0.4, 0.5) is 0 Å². The number of nitrogens with zero attached hydrogens (tertiary/aromatic N) is 4. The zero-order valence-electron chi connectivity index (χ0n) is 10.2. The van der Waals surface area contributed by atoms with Crippen LogP contribution in [0.2, 0.25) is 0 Å². The van der Waals surface area contributed by atoms with Gasteiger partial charge in [0.2, 0.25) is 0 Å². The Morgan fingerprint density at radius 3 is 2.41 bits per heavy atom. The number of rotatable bonds is 2. The van der Waals surface area contributed by atoms with E-state index in [-0.39, 0.29) is 6.04 Å². The molecule has 0 aliphatic heterocycles. The molecule has 1 aromatic carbocycles. The predicted molar refractivity (Wildman–Crippen MR) is 65.3 cm³/mol. The van der Waals surface area contributed by atoms with Gasteiger partial charge < -0.3 is 0 Å². The van der Waals surface area contributed by atoms with E-state index in [0.717, 1.165) is 11.3 Å². The number of hydrogen-bond donors (Lipinski definition) is 0. The topological polar surface area (TPSA) is 54.5 Å². The first kappa shape index (κ1) is 11.3. The average molecular weight is 226 g/mol. The molecule has 1 heterocycles. The number of aryl methyl sites for hydroxylation is 1. The lowest BCUT2D eigenvalue weighted by atomic mass is 10.1. The van der Waals surface area contributed by atoms with E-state index in [1.165, 1.54) is 5.56 Å². The summed E-state index contributed by atoms with van der Waals surface area (Å²) in [6.07, 6.45) is 0. The van der Waals surface area contributed by atoms with Crippen molar-refractivity contribution >= 4 is 0 Å². The van der Waals surface area contributed by atoms with Gasteiger partial charge in [0.25, 0.3) is 0 Å². The van der Waals surface area contributed by atoms with Crippen molar-refractivity contribution in [1.29, 1.82) is 5.26 Å². The molecule has 0 radical (unpaired) electrons. The second-order valence-electron chi connectivity index (χ2n) is 4.30. The van der Waals surface area contributed by atoms with Crippen molar-refractivity contribution in [2.75, 3.05) is 0 Å². The minimum Gasteiger partial charge on any atom is -0.241 e. The number of aromatic nitrogens is 3. The third-order valence-electron chi connectivity index (χ3n) is 2.61. The van der Waals surface area contributed by atoms with E-state index in [4.69, 9.17) is 5.26 Å². The van der Waals surface area contributed by atoms with Crippen molar-refractivity contribution in [3.8, 4) is 17.3 Å². The Balaban J connectivity index is 2.61. The van der Waals surface area contributed by atoms with Gasteiger partial charge in [-0.3, -0.25) is 0 Å². The first-order valence-electron chi connectivity index (χ1n) is 5.56. The van der Waals surface area contributed by atoms with Crippen molar-refractivity contribution in [3.05, 3.63) is 35.5 Å². The van der Waals surface area contributed by atoms with Crippen LogP contribution in [-0.4, -0.2) is 15.0 Å². The standard InChI is InChI=1S/C13H14N4/c1-9(2)17-13(12(8-14)15-16-17)11-6-4-10(3)5-7-11/h4-7,9H,1-3H3. The molecule has 0 saturated carbocycles. The molecule has 4 heteroatoms. The number of benzene rings is 1. The molecule has 1 aromatic heterocycles. The molecule has 4 nitrogen and oxygen atoms in total. The normalized spacial score (nSPS) is 10.5. The zero-order valence-corrected chi connectivity index (χ0v) is 10.2. The Bertz CT molecular complexity index is 558. The fourth-order valence-electron chi connectivity index (χ4n) is 1.71. The molecule has 17 heavy (non-hydrogen) atoms. The summed E-state index contributed by atoms with van der Waals surface area (Å²) in [7, 11) is 0. The molecule has 0 saturated heterocycles. The summed E-state index contributed by atoms with van der Waals surface area (Å²) >= 11 is 0. The lowest BCUT2D eigenvalue weighted by Gasteiger charge is -2.09. The van der Waals surface area contributed by atoms with Gasteiger partial charge in [-0.15, -0.1) is 5.10 Å². The highest BCUT2D eigenvalue weighted by molar-refractivity contribution is 5.65. The monoisotopic (exact) mass is 226 g/mol. The molecule has 0 fully saturated rings. The molecule has 0 bridgehead atoms. The number of hydrogen-bond acceptors (Lipinski definition) is 3. The van der Waals surface area contributed by atoms with Crippen LogP contribution in [0.5, 0.6) is 0 Å². The van der Waals surface area contributed by atoms with E-state index in [1.807, 2.05) is 45.0 Å². The quantitative estimate of drug-likeness (QED) is 0.791. The Labute approximate surface area is 101 Å². The van der Waals surface area contributed by atoms with E-state index in [1.54, 1.807) is 4.68 Å². The van der Waals surface area contributed by atoms with Gasteiger partial charge in [-0.25, -0.2) is 4.68 Å². The molecule has 0 aliphatic carbocycles. The van der Waals surface area contributed by atoms with Crippen molar-refractivity contribution in [3.63, 3.8) is 0 Å². The van der Waals surface area contributed by atoms with Gasteiger partial charge in [-0.1, -0.05) is 35.0 Å². The molecular formula is C13H14N4. The van der Waals surface area contributed by atoms with E-state index in [2.05, 4.69) is 16.4 Å². The Kier molecular flexibility index (Phi) is 2.92. The number of nitriles is 1. The van der Waals surface area contributed by atoms with Gasteiger partial charge in [0.1, 0.15) is 11.8 Å². The molecule has 0 amide bonds. The highest BCUT2D eigenvalue weighted by Gasteiger charge is 2.16. The lowest BCUT2D eigenvalue weighted by molar-refractivity contribution is 0.519. The van der Waals surface area contributed by atoms with Gasteiger partial charge in [0, 0.05) is 11.6 Å². The van der Waals surface area contributed by atoms with Crippen LogP contribution in [0.1, 0.15) is 31.1 Å². The maximum Gasteiger partial charge on any atom is 0.190 e. The van der Waals surface area contributed by atoms with E-state index >= 15 is 0 Å². The predicted octanol–water partition coefficient (Wildman–Crippen LogP) is 2.71. The largest absolute Gasteiger partial charge is 0.241 e. The van der Waals surface area contributed by atoms with Gasteiger partial charge in [0.05, 0.1) is 0 Å². The molecule has 0 N–H and O–H groups in total. The van der Waals surface area contributed by atoms with Gasteiger partial charge in [-0.05, 0) is 20.8 Å². The molecule has 2 aromatic rings. The maximum atomic E-state index is 9.06. The minimum atomic E-state index is 0.181. The first-order chi connectivity index (χ1) is 8.13. The average Bonchev–Trinajstić information content (AvgIpc) is 2.73. The summed E-state index contributed by atoms with van der Waals surface area (Å²) in [6, 6.07) is 10.3. The lowest BCUT2D eigenvalue weighted by Crippen LogP contribution is -2.05. The highest BCUT2D eigenvalue weighted by atomic mass is 15.4. The summed E-state index contributed by atoms with van der Waals surface area (Å²) in [5, 5.41) is 17.0. The van der Waals surface area contributed by atoms with Gasteiger partial charge in [-0.2, -0.15) is 5.26 Å². The smallest absolute Gasteiger partial charge is 0.190 e. The van der Waals surface area contributed by atoms with Crippen LogP contribution in [-0.2, 0) is 0 Å². The fourth-order valence-corrected chi connectivity index (χ4v) is 1.71. The highest BCUT2D eigenvalue weighted by Crippen LogP contribution is 2.24. The zero-order chi connectivity index (χ0) is 12.4. The van der Waals surface area contributed by atoms with Gasteiger partial charge >= 0.3 is 0 Å². The van der Waals surface area contributed by atoms with E-state index in [0.29, 0.717) is 5.69 Å². The third kappa shape index (κ3) is 2.04. The fraction of sp³-hybridized carbons (Fsp3) is 0.308. The second-order valence-corrected chi connectivity index (χ2v) is 4.30. The van der Waals surface area contributed by atoms with Crippen molar-refractivity contribution in [1.82, 2.24) is 15.0 Å². The Morgan fingerprint density at radius 1 is 1.24 bits per heavy atom. The van der Waals surface area contributed by atoms with Crippen LogP contribution in [0.15, 0.2) is 24.3 Å². The summed E-state index contributed by atoms with van der Waals surface area (Å²) in [5.41, 5.74) is 3.34. The van der Waals surface area contributed by atoms with Crippen LogP contribution < -0.4 is 0 Å².